The Morgan fingerprint density at radius 3 is 2.32 bits per heavy atom. The van der Waals surface area contributed by atoms with E-state index < -0.39 is 24.3 Å². The molecule has 0 saturated carbocycles. The molecule has 0 radical (unpaired) electrons. The van der Waals surface area contributed by atoms with Crippen LogP contribution in [0.3, 0.4) is 0 Å². The second-order valence-electron chi connectivity index (χ2n) is 3.04. The average molecular weight is 299 g/mol. The molecule has 1 aromatic carbocycles. The fourth-order valence-electron chi connectivity index (χ4n) is 1.01. The van der Waals surface area contributed by atoms with E-state index in [1.165, 1.54) is 6.07 Å². The summed E-state index contributed by atoms with van der Waals surface area (Å²) in [5.74, 6) is -0.839. The Hall–Kier alpha value is -1.43. The molecule has 1 aromatic rings. The van der Waals surface area contributed by atoms with Gasteiger partial charge >= 0.3 is 12.1 Å². The summed E-state index contributed by atoms with van der Waals surface area (Å²) >= 11 is 5.51. The molecule has 0 heterocycles. The largest absolute Gasteiger partial charge is 0.482 e. The van der Waals surface area contributed by atoms with E-state index in [0.717, 1.165) is 19.2 Å². The van der Waals surface area contributed by atoms with Crippen LogP contribution in [0.4, 0.5) is 13.2 Å². The predicted molar refractivity (Wildman–Crippen MR) is 65.3 cm³/mol. The number of hydrogen-bond acceptors (Lipinski definition) is 3. The second-order valence-corrected chi connectivity index (χ2v) is 3.47. The molecule has 0 N–H and O–H groups in total. The molecule has 0 unspecified atom stereocenters. The van der Waals surface area contributed by atoms with Crippen LogP contribution >= 0.6 is 11.6 Å². The zero-order valence-electron chi connectivity index (χ0n) is 10.7. The molecule has 0 saturated heterocycles. The van der Waals surface area contributed by atoms with Crippen LogP contribution in [0, 0.1) is 0 Å². The SMILES string of the molecule is CC.COC(=O)COc1cc(Cl)cc(C(F)(F)F)c1. The van der Waals surface area contributed by atoms with E-state index in [-0.39, 0.29) is 10.8 Å². The summed E-state index contributed by atoms with van der Waals surface area (Å²) in [4.78, 5) is 10.7. The van der Waals surface area contributed by atoms with Crippen molar-refractivity contribution in [2.24, 2.45) is 0 Å². The first-order valence-electron chi connectivity index (χ1n) is 5.40. The highest BCUT2D eigenvalue weighted by Crippen LogP contribution is 2.33. The minimum Gasteiger partial charge on any atom is -0.482 e. The van der Waals surface area contributed by atoms with E-state index in [1.54, 1.807) is 0 Å². The number of hydrogen-bond donors (Lipinski definition) is 0. The molecule has 108 valence electrons. The number of ether oxygens (including phenoxy) is 2. The van der Waals surface area contributed by atoms with Crippen LogP contribution in [0.25, 0.3) is 0 Å². The highest BCUT2D eigenvalue weighted by Gasteiger charge is 2.31. The van der Waals surface area contributed by atoms with Gasteiger partial charge in [0.1, 0.15) is 5.75 Å². The zero-order chi connectivity index (χ0) is 15.1. The van der Waals surface area contributed by atoms with Crippen LogP contribution < -0.4 is 4.74 Å². The van der Waals surface area contributed by atoms with Crippen molar-refractivity contribution >= 4 is 17.6 Å². The summed E-state index contributed by atoms with van der Waals surface area (Å²) < 4.78 is 46.3. The highest BCUT2D eigenvalue weighted by atomic mass is 35.5. The summed E-state index contributed by atoms with van der Waals surface area (Å²) in [6.07, 6.45) is -4.52. The van der Waals surface area contributed by atoms with E-state index in [4.69, 9.17) is 16.3 Å². The van der Waals surface area contributed by atoms with Crippen molar-refractivity contribution in [2.75, 3.05) is 13.7 Å². The quantitative estimate of drug-likeness (QED) is 0.793. The van der Waals surface area contributed by atoms with Crippen LogP contribution in [0.5, 0.6) is 5.75 Å². The maximum absolute atomic E-state index is 12.4. The summed E-state index contributed by atoms with van der Waals surface area (Å²) in [5, 5.41) is -0.125. The molecule has 0 aliphatic rings. The van der Waals surface area contributed by atoms with Gasteiger partial charge in [0.2, 0.25) is 0 Å². The number of methoxy groups -OCH3 is 1. The molecule has 0 spiro atoms. The van der Waals surface area contributed by atoms with Crippen molar-refractivity contribution in [3.63, 3.8) is 0 Å². The third-order valence-electron chi connectivity index (χ3n) is 1.78. The molecule has 0 atom stereocenters. The first-order chi connectivity index (χ1) is 8.82. The molecule has 0 aliphatic carbocycles. The molecule has 1 rings (SSSR count). The number of carbonyl (C=O) groups is 1. The van der Waals surface area contributed by atoms with Gasteiger partial charge in [-0.1, -0.05) is 25.4 Å². The lowest BCUT2D eigenvalue weighted by Crippen LogP contribution is -2.13. The van der Waals surface area contributed by atoms with Crippen molar-refractivity contribution in [1.82, 2.24) is 0 Å². The van der Waals surface area contributed by atoms with Gasteiger partial charge in [0.05, 0.1) is 12.7 Å². The van der Waals surface area contributed by atoms with Gasteiger partial charge in [-0.25, -0.2) is 4.79 Å². The third-order valence-corrected chi connectivity index (χ3v) is 2.00. The van der Waals surface area contributed by atoms with Gasteiger partial charge in [-0.15, -0.1) is 0 Å². The maximum Gasteiger partial charge on any atom is 0.416 e. The maximum atomic E-state index is 12.4. The minimum atomic E-state index is -4.52. The number of alkyl halides is 3. The van der Waals surface area contributed by atoms with Crippen molar-refractivity contribution in [3.05, 3.63) is 28.8 Å². The van der Waals surface area contributed by atoms with Crippen LogP contribution in [0.1, 0.15) is 19.4 Å². The molecule has 19 heavy (non-hydrogen) atoms. The van der Waals surface area contributed by atoms with E-state index in [9.17, 15) is 18.0 Å². The Morgan fingerprint density at radius 2 is 1.84 bits per heavy atom. The molecule has 0 aromatic heterocycles. The predicted octanol–water partition coefficient (Wildman–Crippen LogP) is 3.94. The zero-order valence-corrected chi connectivity index (χ0v) is 11.4. The Balaban J connectivity index is 0.00000154. The summed E-state index contributed by atoms with van der Waals surface area (Å²) in [7, 11) is 1.14. The average Bonchev–Trinajstić information content (AvgIpc) is 2.36. The summed E-state index contributed by atoms with van der Waals surface area (Å²) in [6, 6.07) is 2.71. The van der Waals surface area contributed by atoms with Gasteiger partial charge in [-0.05, 0) is 18.2 Å². The van der Waals surface area contributed by atoms with Crippen molar-refractivity contribution in [3.8, 4) is 5.75 Å². The monoisotopic (exact) mass is 298 g/mol. The van der Waals surface area contributed by atoms with Crippen LogP contribution in [0.15, 0.2) is 18.2 Å². The molecular weight excluding hydrogens is 285 g/mol. The molecule has 3 nitrogen and oxygen atoms in total. The first kappa shape index (κ1) is 17.6. The van der Waals surface area contributed by atoms with Crippen LogP contribution in [-0.4, -0.2) is 19.7 Å². The van der Waals surface area contributed by atoms with Gasteiger partial charge in [-0.2, -0.15) is 13.2 Å². The van der Waals surface area contributed by atoms with Crippen LogP contribution in [-0.2, 0) is 15.7 Å². The fourth-order valence-corrected chi connectivity index (χ4v) is 1.24. The lowest BCUT2D eigenvalue weighted by molar-refractivity contribution is -0.142. The van der Waals surface area contributed by atoms with Gasteiger partial charge in [0.25, 0.3) is 0 Å². The first-order valence-corrected chi connectivity index (χ1v) is 5.78. The van der Waals surface area contributed by atoms with E-state index in [1.807, 2.05) is 13.8 Å². The van der Waals surface area contributed by atoms with Gasteiger partial charge in [0.15, 0.2) is 6.61 Å². The smallest absolute Gasteiger partial charge is 0.416 e. The Labute approximate surface area is 114 Å². The Kier molecular flexibility index (Phi) is 7.29. The molecule has 7 heteroatoms. The molecular formula is C12H14ClF3O3. The molecule has 0 aliphatic heterocycles. The molecule has 0 bridgehead atoms. The fraction of sp³-hybridized carbons (Fsp3) is 0.417. The molecule has 0 amide bonds. The molecule has 0 fully saturated rings. The van der Waals surface area contributed by atoms with E-state index >= 15 is 0 Å². The lowest BCUT2D eigenvalue weighted by atomic mass is 10.2. The van der Waals surface area contributed by atoms with Gasteiger partial charge < -0.3 is 9.47 Å². The normalized spacial score (nSPS) is 10.3. The highest BCUT2D eigenvalue weighted by molar-refractivity contribution is 6.30. The van der Waals surface area contributed by atoms with Gasteiger partial charge in [-0.3, -0.25) is 0 Å². The third kappa shape index (κ3) is 6.33. The second kappa shape index (κ2) is 7.89. The number of rotatable bonds is 3. The lowest BCUT2D eigenvalue weighted by Gasteiger charge is -2.10. The van der Waals surface area contributed by atoms with Crippen molar-refractivity contribution < 1.29 is 27.4 Å². The van der Waals surface area contributed by atoms with Crippen molar-refractivity contribution in [1.29, 1.82) is 0 Å². The number of esters is 1. The standard InChI is InChI=1S/C10H8ClF3O3.C2H6/c1-16-9(15)5-17-8-3-6(10(12,13)14)2-7(11)4-8;1-2/h2-4H,5H2,1H3;1-2H3. The topological polar surface area (TPSA) is 35.5 Å². The minimum absolute atomic E-state index is 0.125. The number of benzene rings is 1. The Bertz CT molecular complexity index is 419. The van der Waals surface area contributed by atoms with E-state index in [2.05, 4.69) is 4.74 Å². The van der Waals surface area contributed by atoms with Gasteiger partial charge in [0, 0.05) is 5.02 Å². The van der Waals surface area contributed by atoms with Crippen LogP contribution in [0.2, 0.25) is 5.02 Å². The number of halogens is 4. The van der Waals surface area contributed by atoms with Crippen molar-refractivity contribution in [2.45, 2.75) is 20.0 Å². The Morgan fingerprint density at radius 1 is 1.26 bits per heavy atom. The van der Waals surface area contributed by atoms with E-state index in [0.29, 0.717) is 0 Å². The number of carbonyl (C=O) groups excluding carboxylic acids is 1. The summed E-state index contributed by atoms with van der Waals surface area (Å²) in [6.45, 7) is 3.52. The summed E-state index contributed by atoms with van der Waals surface area (Å²) in [5.41, 5.74) is -0.940.